The minimum Gasteiger partial charge on any atom is -0.481 e. The third-order valence-corrected chi connectivity index (χ3v) is 3.60. The van der Waals surface area contributed by atoms with Gasteiger partial charge in [-0.1, -0.05) is 12.8 Å². The Morgan fingerprint density at radius 2 is 2.00 bits per heavy atom. The molecule has 2 aliphatic rings. The predicted molar refractivity (Wildman–Crippen MR) is 55.7 cm³/mol. The molecule has 0 aromatic rings. The molecule has 0 aromatic carbocycles. The SMILES string of the molecule is O=C(O)C1CC(=O)N(C2CCCCC2O)C1. The van der Waals surface area contributed by atoms with Crippen molar-refractivity contribution in [3.8, 4) is 0 Å². The third kappa shape index (κ3) is 2.04. The van der Waals surface area contributed by atoms with Crippen molar-refractivity contribution >= 4 is 11.9 Å². The van der Waals surface area contributed by atoms with E-state index < -0.39 is 18.0 Å². The molecule has 2 rings (SSSR count). The van der Waals surface area contributed by atoms with Crippen molar-refractivity contribution in [1.82, 2.24) is 4.90 Å². The molecule has 3 atom stereocenters. The number of amides is 1. The van der Waals surface area contributed by atoms with E-state index in [2.05, 4.69) is 0 Å². The minimum atomic E-state index is -0.916. The average molecular weight is 227 g/mol. The van der Waals surface area contributed by atoms with E-state index in [1.807, 2.05) is 0 Å². The number of carboxylic acid groups (broad SMARTS) is 1. The second-order valence-electron chi connectivity index (χ2n) is 4.70. The smallest absolute Gasteiger partial charge is 0.308 e. The fourth-order valence-electron chi connectivity index (χ4n) is 2.67. The lowest BCUT2D eigenvalue weighted by atomic mass is 9.91. The van der Waals surface area contributed by atoms with Crippen molar-refractivity contribution in [2.24, 2.45) is 5.92 Å². The zero-order valence-corrected chi connectivity index (χ0v) is 9.13. The maximum Gasteiger partial charge on any atom is 0.308 e. The summed E-state index contributed by atoms with van der Waals surface area (Å²) in [6.45, 7) is 0.260. The van der Waals surface area contributed by atoms with E-state index >= 15 is 0 Å². The van der Waals surface area contributed by atoms with E-state index in [-0.39, 0.29) is 24.9 Å². The molecular weight excluding hydrogens is 210 g/mol. The Hall–Kier alpha value is -1.10. The monoisotopic (exact) mass is 227 g/mol. The first-order chi connectivity index (χ1) is 7.59. The molecular formula is C11H17NO4. The van der Waals surface area contributed by atoms with Gasteiger partial charge in [0.2, 0.25) is 5.91 Å². The molecule has 5 heteroatoms. The van der Waals surface area contributed by atoms with Gasteiger partial charge in [0.1, 0.15) is 0 Å². The van der Waals surface area contributed by atoms with Gasteiger partial charge in [-0.2, -0.15) is 0 Å². The number of carbonyl (C=O) groups is 2. The predicted octanol–water partition coefficient (Wildman–Crippen LogP) is 0.223. The third-order valence-electron chi connectivity index (χ3n) is 3.60. The largest absolute Gasteiger partial charge is 0.481 e. The molecule has 1 saturated heterocycles. The molecule has 1 amide bonds. The molecule has 1 saturated carbocycles. The molecule has 3 unspecified atom stereocenters. The summed E-state index contributed by atoms with van der Waals surface area (Å²) in [5, 5.41) is 18.7. The van der Waals surface area contributed by atoms with Crippen LogP contribution in [-0.2, 0) is 9.59 Å². The normalized spacial score (nSPS) is 35.4. The highest BCUT2D eigenvalue weighted by Crippen LogP contribution is 2.28. The van der Waals surface area contributed by atoms with Crippen LogP contribution in [0.4, 0.5) is 0 Å². The summed E-state index contributed by atoms with van der Waals surface area (Å²) in [5.41, 5.74) is 0. The van der Waals surface area contributed by atoms with Gasteiger partial charge in [-0.15, -0.1) is 0 Å². The van der Waals surface area contributed by atoms with Crippen LogP contribution in [0.1, 0.15) is 32.1 Å². The highest BCUT2D eigenvalue weighted by atomic mass is 16.4. The second-order valence-corrected chi connectivity index (χ2v) is 4.70. The minimum absolute atomic E-state index is 0.0819. The number of aliphatic hydroxyl groups is 1. The van der Waals surface area contributed by atoms with Crippen LogP contribution >= 0.6 is 0 Å². The summed E-state index contributed by atoms with van der Waals surface area (Å²) in [7, 11) is 0. The molecule has 0 aromatic heterocycles. The van der Waals surface area contributed by atoms with Crippen molar-refractivity contribution in [2.75, 3.05) is 6.54 Å². The van der Waals surface area contributed by atoms with E-state index in [4.69, 9.17) is 5.11 Å². The maximum atomic E-state index is 11.7. The summed E-state index contributed by atoms with van der Waals surface area (Å²) in [6, 6.07) is -0.161. The summed E-state index contributed by atoms with van der Waals surface area (Å²) >= 11 is 0. The Bertz CT molecular complexity index is 304. The zero-order chi connectivity index (χ0) is 11.7. The van der Waals surface area contributed by atoms with Crippen LogP contribution in [0.3, 0.4) is 0 Å². The molecule has 90 valence electrons. The number of nitrogens with zero attached hydrogens (tertiary/aromatic N) is 1. The van der Waals surface area contributed by atoms with E-state index in [1.165, 1.54) is 0 Å². The number of hydrogen-bond acceptors (Lipinski definition) is 3. The van der Waals surface area contributed by atoms with Crippen LogP contribution in [0.15, 0.2) is 0 Å². The lowest BCUT2D eigenvalue weighted by Crippen LogP contribution is -2.46. The van der Waals surface area contributed by atoms with Crippen molar-refractivity contribution in [2.45, 2.75) is 44.2 Å². The van der Waals surface area contributed by atoms with Gasteiger partial charge in [0, 0.05) is 13.0 Å². The Balaban J connectivity index is 2.04. The van der Waals surface area contributed by atoms with Gasteiger partial charge < -0.3 is 15.1 Å². The molecule has 5 nitrogen and oxygen atoms in total. The van der Waals surface area contributed by atoms with Gasteiger partial charge in [0.05, 0.1) is 18.1 Å². The van der Waals surface area contributed by atoms with Crippen LogP contribution in [-0.4, -0.2) is 45.7 Å². The lowest BCUT2D eigenvalue weighted by Gasteiger charge is -2.35. The summed E-state index contributed by atoms with van der Waals surface area (Å²) < 4.78 is 0. The average Bonchev–Trinajstić information content (AvgIpc) is 2.61. The first-order valence-corrected chi connectivity index (χ1v) is 5.80. The Morgan fingerprint density at radius 3 is 2.56 bits per heavy atom. The molecule has 16 heavy (non-hydrogen) atoms. The molecule has 1 aliphatic heterocycles. The Kier molecular flexibility index (Phi) is 3.14. The van der Waals surface area contributed by atoms with E-state index in [1.54, 1.807) is 4.90 Å². The van der Waals surface area contributed by atoms with Crippen molar-refractivity contribution in [3.05, 3.63) is 0 Å². The van der Waals surface area contributed by atoms with Gasteiger partial charge in [0.15, 0.2) is 0 Å². The van der Waals surface area contributed by atoms with Gasteiger partial charge in [-0.05, 0) is 12.8 Å². The number of rotatable bonds is 2. The lowest BCUT2D eigenvalue weighted by molar-refractivity contribution is -0.141. The zero-order valence-electron chi connectivity index (χ0n) is 9.13. The molecule has 0 bridgehead atoms. The van der Waals surface area contributed by atoms with E-state index in [0.29, 0.717) is 6.42 Å². The number of carboxylic acids is 1. The van der Waals surface area contributed by atoms with Crippen LogP contribution in [0.5, 0.6) is 0 Å². The summed E-state index contributed by atoms with van der Waals surface area (Å²) in [4.78, 5) is 24.1. The summed E-state index contributed by atoms with van der Waals surface area (Å²) in [5.74, 6) is -1.64. The number of aliphatic carboxylic acids is 1. The topological polar surface area (TPSA) is 77.8 Å². The highest BCUT2D eigenvalue weighted by molar-refractivity contribution is 5.86. The van der Waals surface area contributed by atoms with Crippen molar-refractivity contribution in [1.29, 1.82) is 0 Å². The van der Waals surface area contributed by atoms with Crippen LogP contribution in [0.2, 0.25) is 0 Å². The number of hydrogen-bond donors (Lipinski definition) is 2. The Labute approximate surface area is 94.0 Å². The van der Waals surface area contributed by atoms with E-state index in [0.717, 1.165) is 19.3 Å². The maximum absolute atomic E-state index is 11.7. The van der Waals surface area contributed by atoms with E-state index in [9.17, 15) is 14.7 Å². The Morgan fingerprint density at radius 1 is 1.31 bits per heavy atom. The van der Waals surface area contributed by atoms with Gasteiger partial charge >= 0.3 is 5.97 Å². The highest BCUT2D eigenvalue weighted by Gasteiger charge is 2.40. The number of carbonyl (C=O) groups excluding carboxylic acids is 1. The molecule has 2 N–H and O–H groups in total. The molecule has 1 aliphatic carbocycles. The van der Waals surface area contributed by atoms with Crippen LogP contribution < -0.4 is 0 Å². The van der Waals surface area contributed by atoms with Crippen LogP contribution in [0, 0.1) is 5.92 Å². The molecule has 0 radical (unpaired) electrons. The molecule has 2 fully saturated rings. The molecule has 1 heterocycles. The van der Waals surface area contributed by atoms with Gasteiger partial charge in [0.25, 0.3) is 0 Å². The molecule has 0 spiro atoms. The van der Waals surface area contributed by atoms with Crippen LogP contribution in [0.25, 0.3) is 0 Å². The standard InChI is InChI=1S/C11H17NO4/c13-9-4-2-1-3-8(9)12-6-7(11(15)16)5-10(12)14/h7-9,13H,1-6H2,(H,15,16). The fourth-order valence-corrected chi connectivity index (χ4v) is 2.67. The van der Waals surface area contributed by atoms with Crippen molar-refractivity contribution < 1.29 is 19.8 Å². The fraction of sp³-hybridized carbons (Fsp3) is 0.818. The van der Waals surface area contributed by atoms with Gasteiger partial charge in [-0.25, -0.2) is 0 Å². The quantitative estimate of drug-likeness (QED) is 0.707. The van der Waals surface area contributed by atoms with Gasteiger partial charge in [-0.3, -0.25) is 9.59 Å². The first kappa shape index (κ1) is 11.4. The van der Waals surface area contributed by atoms with Crippen molar-refractivity contribution in [3.63, 3.8) is 0 Å². The second kappa shape index (κ2) is 4.41. The summed E-state index contributed by atoms with van der Waals surface area (Å²) in [6.07, 6.45) is 3.10. The number of aliphatic hydroxyl groups excluding tert-OH is 1. The number of likely N-dealkylation sites (tertiary alicyclic amines) is 1. The first-order valence-electron chi connectivity index (χ1n) is 5.80.